The van der Waals surface area contributed by atoms with Crippen LogP contribution in [-0.2, 0) is 9.53 Å². The lowest BCUT2D eigenvalue weighted by molar-refractivity contribution is -0.151. The predicted octanol–water partition coefficient (Wildman–Crippen LogP) is 2.40. The number of nitrogens with zero attached hydrogens (tertiary/aromatic N) is 2. The Kier molecular flexibility index (Phi) is 4.51. The van der Waals surface area contributed by atoms with Gasteiger partial charge in [-0.15, -0.1) is 10.2 Å². The second-order valence-electron chi connectivity index (χ2n) is 5.76. The van der Waals surface area contributed by atoms with Gasteiger partial charge in [-0.3, -0.25) is 10.1 Å². The number of carbonyl (C=O) groups is 1. The van der Waals surface area contributed by atoms with Crippen LogP contribution in [0.25, 0.3) is 0 Å². The number of aromatic nitrogens is 2. The Hall–Kier alpha value is -0.660. The largest absolute Gasteiger partial charge is 0.465 e. The van der Waals surface area contributed by atoms with E-state index in [9.17, 15) is 4.79 Å². The van der Waals surface area contributed by atoms with Crippen LogP contribution >= 0.6 is 23.1 Å². The summed E-state index contributed by atoms with van der Waals surface area (Å²) in [6.07, 6.45) is 4.54. The minimum atomic E-state index is -0.540. The first-order valence-electron chi connectivity index (χ1n) is 7.52. The van der Waals surface area contributed by atoms with E-state index in [2.05, 4.69) is 15.5 Å². The zero-order valence-corrected chi connectivity index (χ0v) is 14.1. The summed E-state index contributed by atoms with van der Waals surface area (Å²) in [7, 11) is 0. The van der Waals surface area contributed by atoms with Crippen molar-refractivity contribution >= 4 is 29.1 Å². The van der Waals surface area contributed by atoms with Gasteiger partial charge >= 0.3 is 5.97 Å². The van der Waals surface area contributed by atoms with Gasteiger partial charge in [0.25, 0.3) is 0 Å². The predicted molar refractivity (Wildman–Crippen MR) is 83.6 cm³/mol. The molecule has 1 atom stereocenters. The molecule has 21 heavy (non-hydrogen) atoms. The van der Waals surface area contributed by atoms with Crippen molar-refractivity contribution in [3.63, 3.8) is 0 Å². The van der Waals surface area contributed by atoms with Crippen LogP contribution in [0.15, 0.2) is 4.34 Å². The van der Waals surface area contributed by atoms with E-state index >= 15 is 0 Å². The van der Waals surface area contributed by atoms with E-state index < -0.39 is 5.54 Å². The molecule has 2 fully saturated rings. The third-order valence-electron chi connectivity index (χ3n) is 3.88. The Labute approximate surface area is 133 Å². The molecule has 0 amide bonds. The van der Waals surface area contributed by atoms with Gasteiger partial charge in [0.2, 0.25) is 0 Å². The van der Waals surface area contributed by atoms with Gasteiger partial charge in [-0.25, -0.2) is 0 Å². The smallest absolute Gasteiger partial charge is 0.327 e. The number of carbonyl (C=O) groups excluding carboxylic acids is 1. The fourth-order valence-corrected chi connectivity index (χ4v) is 4.58. The summed E-state index contributed by atoms with van der Waals surface area (Å²) in [6.45, 7) is 4.25. The lowest BCUT2D eigenvalue weighted by Crippen LogP contribution is -2.58. The van der Waals surface area contributed by atoms with Crippen molar-refractivity contribution in [3.05, 3.63) is 5.01 Å². The van der Waals surface area contributed by atoms with Crippen molar-refractivity contribution in [2.24, 2.45) is 5.92 Å². The maximum atomic E-state index is 12.6. The van der Waals surface area contributed by atoms with E-state index in [0.29, 0.717) is 24.3 Å². The third-order valence-corrected chi connectivity index (χ3v) is 6.05. The second kappa shape index (κ2) is 6.22. The molecule has 5 nitrogen and oxygen atoms in total. The third kappa shape index (κ3) is 3.57. The summed E-state index contributed by atoms with van der Waals surface area (Å²) < 4.78 is 6.31. The van der Waals surface area contributed by atoms with Crippen LogP contribution < -0.4 is 5.32 Å². The molecule has 7 heteroatoms. The number of nitrogens with one attached hydrogen (secondary N) is 1. The van der Waals surface area contributed by atoms with E-state index in [1.54, 1.807) is 23.1 Å². The summed E-state index contributed by atoms with van der Waals surface area (Å²) in [6, 6.07) is 0.478. The summed E-state index contributed by atoms with van der Waals surface area (Å²) in [4.78, 5) is 12.6. The van der Waals surface area contributed by atoms with Crippen molar-refractivity contribution in [1.29, 1.82) is 0 Å². The Morgan fingerprint density at radius 3 is 2.71 bits per heavy atom. The number of hydrogen-bond donors (Lipinski definition) is 1. The first-order valence-corrected chi connectivity index (χ1v) is 9.32. The average molecular weight is 327 g/mol. The highest BCUT2D eigenvalue weighted by molar-refractivity contribution is 8.01. The van der Waals surface area contributed by atoms with Crippen molar-refractivity contribution in [2.45, 2.75) is 55.5 Å². The number of ether oxygens (including phenoxy) is 1. The summed E-state index contributed by atoms with van der Waals surface area (Å²) in [5, 5.41) is 12.7. The maximum Gasteiger partial charge on any atom is 0.327 e. The SMILES string of the molecule is CCOC(=O)C(CSc1nnc(C)s1)(NC1CC1)C1CC1. The summed E-state index contributed by atoms with van der Waals surface area (Å²) in [5.74, 6) is 0.994. The molecule has 2 aliphatic rings. The number of thioether (sulfide) groups is 1. The van der Waals surface area contributed by atoms with E-state index in [1.165, 1.54) is 0 Å². The lowest BCUT2D eigenvalue weighted by atomic mass is 9.95. The van der Waals surface area contributed by atoms with E-state index in [4.69, 9.17) is 4.74 Å². The van der Waals surface area contributed by atoms with E-state index in [-0.39, 0.29) is 5.97 Å². The van der Waals surface area contributed by atoms with Crippen LogP contribution in [0.1, 0.15) is 37.6 Å². The molecule has 0 aromatic carbocycles. The highest BCUT2D eigenvalue weighted by Gasteiger charge is 2.54. The molecule has 116 valence electrons. The van der Waals surface area contributed by atoms with Crippen molar-refractivity contribution in [3.8, 4) is 0 Å². The number of rotatable bonds is 8. The van der Waals surface area contributed by atoms with Crippen LogP contribution in [0, 0.1) is 12.8 Å². The van der Waals surface area contributed by atoms with Crippen molar-refractivity contribution in [1.82, 2.24) is 15.5 Å². The second-order valence-corrected chi connectivity index (χ2v) is 8.16. The first kappa shape index (κ1) is 15.2. The molecular formula is C14H21N3O2S2. The molecule has 0 saturated heterocycles. The maximum absolute atomic E-state index is 12.6. The molecule has 1 unspecified atom stereocenters. The van der Waals surface area contributed by atoms with E-state index in [1.807, 2.05) is 13.8 Å². The molecule has 3 rings (SSSR count). The normalized spacial score (nSPS) is 21.0. The van der Waals surface area contributed by atoms with Crippen LogP contribution in [-0.4, -0.2) is 40.1 Å². The molecule has 0 radical (unpaired) electrons. The topological polar surface area (TPSA) is 64.1 Å². The number of esters is 1. The highest BCUT2D eigenvalue weighted by Crippen LogP contribution is 2.45. The minimum absolute atomic E-state index is 0.0897. The minimum Gasteiger partial charge on any atom is -0.465 e. The average Bonchev–Trinajstić information content (AvgIpc) is 3.35. The van der Waals surface area contributed by atoms with Crippen molar-refractivity contribution < 1.29 is 9.53 Å². The quantitative estimate of drug-likeness (QED) is 0.584. The number of aryl methyl sites for hydroxylation is 1. The molecular weight excluding hydrogens is 306 g/mol. The zero-order valence-electron chi connectivity index (χ0n) is 12.4. The molecule has 0 bridgehead atoms. The van der Waals surface area contributed by atoms with Crippen molar-refractivity contribution in [2.75, 3.05) is 12.4 Å². The van der Waals surface area contributed by atoms with Gasteiger partial charge in [-0.2, -0.15) is 0 Å². The fourth-order valence-electron chi connectivity index (χ4n) is 2.50. The Morgan fingerprint density at radius 1 is 1.43 bits per heavy atom. The van der Waals surface area contributed by atoms with Gasteiger partial charge in [0.1, 0.15) is 10.5 Å². The standard InChI is InChI=1S/C14H21N3O2S2/c1-3-19-12(18)14(10-4-5-10,15-11-6-7-11)8-20-13-17-16-9(2)21-13/h10-11,15H,3-8H2,1-2H3. The first-order chi connectivity index (χ1) is 10.1. The molecule has 1 aromatic heterocycles. The Bertz CT molecular complexity index is 514. The summed E-state index contributed by atoms with van der Waals surface area (Å²) >= 11 is 3.20. The molecule has 2 aliphatic carbocycles. The fraction of sp³-hybridized carbons (Fsp3) is 0.786. The van der Waals surface area contributed by atoms with Gasteiger partial charge in [0, 0.05) is 11.8 Å². The molecule has 2 saturated carbocycles. The Morgan fingerprint density at radius 2 is 2.19 bits per heavy atom. The van der Waals surface area contributed by atoms with Crippen LogP contribution in [0.2, 0.25) is 0 Å². The number of hydrogen-bond acceptors (Lipinski definition) is 7. The van der Waals surface area contributed by atoms with Gasteiger partial charge in [-0.1, -0.05) is 23.1 Å². The summed E-state index contributed by atoms with van der Waals surface area (Å²) in [5.41, 5.74) is -0.540. The lowest BCUT2D eigenvalue weighted by Gasteiger charge is -2.32. The molecule has 1 aromatic rings. The molecule has 1 N–H and O–H groups in total. The van der Waals surface area contributed by atoms with Gasteiger partial charge in [-0.05, 0) is 45.4 Å². The van der Waals surface area contributed by atoms with Crippen LogP contribution in [0.3, 0.4) is 0 Å². The molecule has 1 heterocycles. The monoisotopic (exact) mass is 327 g/mol. The van der Waals surface area contributed by atoms with Crippen LogP contribution in [0.5, 0.6) is 0 Å². The highest BCUT2D eigenvalue weighted by atomic mass is 32.2. The van der Waals surface area contributed by atoms with Crippen LogP contribution in [0.4, 0.5) is 0 Å². The van der Waals surface area contributed by atoms with E-state index in [0.717, 1.165) is 35.0 Å². The zero-order chi connectivity index (χ0) is 14.9. The van der Waals surface area contributed by atoms with Gasteiger partial charge in [0.05, 0.1) is 6.61 Å². The van der Waals surface area contributed by atoms with Gasteiger partial charge in [0.15, 0.2) is 4.34 Å². The Balaban J connectivity index is 1.74. The molecule has 0 aliphatic heterocycles. The van der Waals surface area contributed by atoms with Gasteiger partial charge < -0.3 is 4.74 Å². The molecule has 0 spiro atoms.